The molecule has 2 heteroatoms. The highest BCUT2D eigenvalue weighted by Crippen LogP contribution is 2.36. The fourth-order valence-electron chi connectivity index (χ4n) is 2.24. The lowest BCUT2D eigenvalue weighted by Gasteiger charge is -2.35. The topological polar surface area (TPSA) is 12.5 Å². The lowest BCUT2D eigenvalue weighted by Crippen LogP contribution is -2.28. The first-order valence-corrected chi connectivity index (χ1v) is 8.78. The molecule has 2 rings (SSSR count). The molecule has 134 valence electrons. The lowest BCUT2D eigenvalue weighted by molar-refractivity contribution is 0.312. The number of allylic oxidation sites excluding steroid dienone is 5. The zero-order valence-corrected chi connectivity index (χ0v) is 16.3. The monoisotopic (exact) mass is 337 g/mol. The lowest BCUT2D eigenvalue weighted by atomic mass is 10.1. The number of hydrogen-bond donors (Lipinski definition) is 0. The van der Waals surface area contributed by atoms with Crippen molar-refractivity contribution in [2.45, 2.75) is 34.6 Å². The fourth-order valence-corrected chi connectivity index (χ4v) is 2.24. The minimum Gasteiger partial charge on any atom is -0.453 e. The predicted octanol–water partition coefficient (Wildman–Crippen LogP) is 7.13. The normalized spacial score (nSPS) is 16.1. The molecule has 0 aromatic heterocycles. The Morgan fingerprint density at radius 2 is 1.52 bits per heavy atom. The van der Waals surface area contributed by atoms with Gasteiger partial charge in [0.2, 0.25) is 0 Å². The summed E-state index contributed by atoms with van der Waals surface area (Å²) in [5.41, 5.74) is 2.80. The van der Waals surface area contributed by atoms with Crippen LogP contribution in [-0.2, 0) is 4.74 Å². The standard InChI is InChI=1S/C19H19NO.2C2H6/c1-5-12-17-19(8-4)21-18(7-3)16(6-2)20(17)15-13-10-9-11-14-15;2*1-2/h5-14H,1-3H2,4H3;2*1-2H3/b17-12+,19-8+;;. The van der Waals surface area contributed by atoms with Crippen LogP contribution < -0.4 is 4.90 Å². The van der Waals surface area contributed by atoms with Gasteiger partial charge in [-0.15, -0.1) is 0 Å². The van der Waals surface area contributed by atoms with E-state index in [0.717, 1.165) is 22.8 Å². The minimum atomic E-state index is 0.683. The first-order valence-electron chi connectivity index (χ1n) is 8.78. The van der Waals surface area contributed by atoms with Gasteiger partial charge in [-0.3, -0.25) is 0 Å². The summed E-state index contributed by atoms with van der Waals surface area (Å²) in [6, 6.07) is 10.1. The zero-order chi connectivity index (χ0) is 19.2. The van der Waals surface area contributed by atoms with Gasteiger partial charge in [0.15, 0.2) is 5.76 Å². The molecule has 2 nitrogen and oxygen atoms in total. The van der Waals surface area contributed by atoms with Crippen molar-refractivity contribution in [2.24, 2.45) is 0 Å². The van der Waals surface area contributed by atoms with Crippen molar-refractivity contribution in [3.8, 4) is 0 Å². The first kappa shape index (κ1) is 22.3. The number of hydrogen-bond acceptors (Lipinski definition) is 2. The molecule has 1 aliphatic heterocycles. The second kappa shape index (κ2) is 12.7. The Morgan fingerprint density at radius 1 is 0.920 bits per heavy atom. The Morgan fingerprint density at radius 3 is 1.96 bits per heavy atom. The van der Waals surface area contributed by atoms with Gasteiger partial charge in [-0.25, -0.2) is 0 Å². The molecule has 0 fully saturated rings. The van der Waals surface area contributed by atoms with Gasteiger partial charge in [0.1, 0.15) is 5.76 Å². The van der Waals surface area contributed by atoms with Gasteiger partial charge < -0.3 is 9.64 Å². The maximum absolute atomic E-state index is 5.90. The summed E-state index contributed by atoms with van der Waals surface area (Å²) in [5.74, 6) is 1.45. The van der Waals surface area contributed by atoms with Crippen LogP contribution in [0, 0.1) is 0 Å². The third-order valence-electron chi connectivity index (χ3n) is 3.14. The molecule has 0 amide bonds. The number of benzene rings is 1. The van der Waals surface area contributed by atoms with E-state index in [2.05, 4.69) is 24.6 Å². The molecule has 1 aliphatic rings. The average molecular weight is 338 g/mol. The van der Waals surface area contributed by atoms with Gasteiger partial charge in [0.05, 0.1) is 11.4 Å². The molecule has 0 N–H and O–H groups in total. The van der Waals surface area contributed by atoms with Crippen LogP contribution in [0.5, 0.6) is 0 Å². The van der Waals surface area contributed by atoms with Crippen molar-refractivity contribution in [3.63, 3.8) is 0 Å². The average Bonchev–Trinajstić information content (AvgIpc) is 2.71. The highest BCUT2D eigenvalue weighted by molar-refractivity contribution is 5.67. The number of nitrogens with zero attached hydrogens (tertiary/aromatic N) is 1. The second-order valence-electron chi connectivity index (χ2n) is 4.37. The Balaban J connectivity index is 0.00000134. The minimum absolute atomic E-state index is 0.683. The summed E-state index contributed by atoms with van der Waals surface area (Å²) < 4.78 is 5.90. The van der Waals surface area contributed by atoms with Crippen molar-refractivity contribution >= 4 is 5.69 Å². The number of anilines is 1. The number of rotatable bonds is 4. The molecule has 0 atom stereocenters. The zero-order valence-electron chi connectivity index (χ0n) is 16.3. The fraction of sp³-hybridized carbons (Fsp3) is 0.217. The van der Waals surface area contributed by atoms with Crippen LogP contribution in [0.1, 0.15) is 34.6 Å². The molecule has 25 heavy (non-hydrogen) atoms. The van der Waals surface area contributed by atoms with E-state index in [0.29, 0.717) is 5.76 Å². The molecular weight excluding hydrogens is 306 g/mol. The van der Waals surface area contributed by atoms with Crippen molar-refractivity contribution in [1.82, 2.24) is 0 Å². The van der Waals surface area contributed by atoms with E-state index in [1.54, 1.807) is 18.2 Å². The van der Waals surface area contributed by atoms with E-state index in [1.165, 1.54) is 0 Å². The largest absolute Gasteiger partial charge is 0.453 e. The summed E-state index contributed by atoms with van der Waals surface area (Å²) in [6.45, 7) is 21.5. The molecule has 0 saturated heterocycles. The number of ether oxygens (including phenoxy) is 1. The van der Waals surface area contributed by atoms with Crippen molar-refractivity contribution in [2.75, 3.05) is 4.90 Å². The Kier molecular flexibility index (Phi) is 11.3. The third kappa shape index (κ3) is 5.39. The van der Waals surface area contributed by atoms with Gasteiger partial charge in [0, 0.05) is 5.69 Å². The van der Waals surface area contributed by atoms with Crippen LogP contribution in [0.15, 0.2) is 103 Å². The van der Waals surface area contributed by atoms with Gasteiger partial charge in [-0.05, 0) is 43.4 Å². The predicted molar refractivity (Wildman–Crippen MR) is 112 cm³/mol. The van der Waals surface area contributed by atoms with Crippen LogP contribution >= 0.6 is 0 Å². The quantitative estimate of drug-likeness (QED) is 0.579. The SMILES string of the molecule is C=C/C=C1\C(=C/C)OC(C=C)=C(C=C)N1c1ccccc1.CC.CC. The molecule has 0 bridgehead atoms. The summed E-state index contributed by atoms with van der Waals surface area (Å²) in [7, 11) is 0. The van der Waals surface area contributed by atoms with Gasteiger partial charge in [-0.2, -0.15) is 0 Å². The van der Waals surface area contributed by atoms with Gasteiger partial charge in [-0.1, -0.05) is 71.7 Å². The van der Waals surface area contributed by atoms with Crippen LogP contribution in [0.2, 0.25) is 0 Å². The summed E-state index contributed by atoms with van der Waals surface area (Å²) in [5, 5.41) is 0. The van der Waals surface area contributed by atoms with Crippen LogP contribution in [0.25, 0.3) is 0 Å². The van der Waals surface area contributed by atoms with E-state index in [9.17, 15) is 0 Å². The summed E-state index contributed by atoms with van der Waals surface area (Å²) in [6.07, 6.45) is 9.06. The van der Waals surface area contributed by atoms with Crippen LogP contribution in [0.4, 0.5) is 5.69 Å². The van der Waals surface area contributed by atoms with Crippen molar-refractivity contribution in [1.29, 1.82) is 0 Å². The van der Waals surface area contributed by atoms with E-state index < -0.39 is 0 Å². The molecule has 0 spiro atoms. The van der Waals surface area contributed by atoms with Gasteiger partial charge >= 0.3 is 0 Å². The molecule has 1 aromatic carbocycles. The molecule has 1 aromatic rings. The second-order valence-corrected chi connectivity index (χ2v) is 4.37. The molecule has 0 radical (unpaired) electrons. The molecule has 0 aliphatic carbocycles. The van der Waals surface area contributed by atoms with E-state index in [-0.39, 0.29) is 0 Å². The Hall–Kier alpha value is -2.74. The Bertz CT molecular complexity index is 648. The molecular formula is C23H31NO. The summed E-state index contributed by atoms with van der Waals surface area (Å²) >= 11 is 0. The van der Waals surface area contributed by atoms with E-state index in [1.807, 2.05) is 77.1 Å². The molecule has 0 unspecified atom stereocenters. The van der Waals surface area contributed by atoms with Crippen LogP contribution in [-0.4, -0.2) is 0 Å². The van der Waals surface area contributed by atoms with E-state index in [4.69, 9.17) is 4.74 Å². The molecule has 1 heterocycles. The van der Waals surface area contributed by atoms with Gasteiger partial charge in [0.25, 0.3) is 0 Å². The van der Waals surface area contributed by atoms with Crippen molar-refractivity contribution in [3.05, 3.63) is 103 Å². The smallest absolute Gasteiger partial charge is 0.150 e. The summed E-state index contributed by atoms with van der Waals surface area (Å²) in [4.78, 5) is 2.09. The number of para-hydroxylation sites is 1. The maximum atomic E-state index is 5.90. The third-order valence-corrected chi connectivity index (χ3v) is 3.14. The van der Waals surface area contributed by atoms with Crippen LogP contribution in [0.3, 0.4) is 0 Å². The Labute approximate surface area is 153 Å². The maximum Gasteiger partial charge on any atom is 0.150 e. The van der Waals surface area contributed by atoms with E-state index >= 15 is 0 Å². The highest BCUT2D eigenvalue weighted by atomic mass is 16.5. The van der Waals surface area contributed by atoms with Crippen molar-refractivity contribution < 1.29 is 4.74 Å². The molecule has 0 saturated carbocycles. The first-order chi connectivity index (χ1) is 12.3. The highest BCUT2D eigenvalue weighted by Gasteiger charge is 2.27.